The second-order valence-electron chi connectivity index (χ2n) is 8.90. The van der Waals surface area contributed by atoms with Crippen molar-refractivity contribution < 1.29 is 17.9 Å². The molecule has 1 N–H and O–H groups in total. The molecule has 1 saturated heterocycles. The van der Waals surface area contributed by atoms with Gasteiger partial charge in [0.1, 0.15) is 5.75 Å². The van der Waals surface area contributed by atoms with Crippen LogP contribution >= 0.6 is 12.2 Å². The molecule has 2 aromatic heterocycles. The van der Waals surface area contributed by atoms with Crippen molar-refractivity contribution in [1.82, 2.24) is 14.9 Å². The van der Waals surface area contributed by atoms with Crippen LogP contribution in [-0.2, 0) is 6.18 Å². The predicted molar refractivity (Wildman–Crippen MR) is 141 cm³/mol. The van der Waals surface area contributed by atoms with Gasteiger partial charge in [-0.3, -0.25) is 4.98 Å². The van der Waals surface area contributed by atoms with Gasteiger partial charge in [-0.1, -0.05) is 12.1 Å². The van der Waals surface area contributed by atoms with Crippen LogP contribution in [0.5, 0.6) is 5.75 Å². The average molecular weight is 523 g/mol. The van der Waals surface area contributed by atoms with Crippen LogP contribution < -0.4 is 15.0 Å². The highest BCUT2D eigenvalue weighted by Crippen LogP contribution is 2.44. The zero-order chi connectivity index (χ0) is 26.3. The minimum absolute atomic E-state index is 0.272. The van der Waals surface area contributed by atoms with Gasteiger partial charge in [-0.2, -0.15) is 13.2 Å². The first-order chi connectivity index (χ1) is 17.7. The van der Waals surface area contributed by atoms with Gasteiger partial charge < -0.3 is 19.5 Å². The van der Waals surface area contributed by atoms with Crippen molar-refractivity contribution in [2.24, 2.45) is 0 Å². The van der Waals surface area contributed by atoms with Crippen LogP contribution in [0.1, 0.15) is 40.3 Å². The van der Waals surface area contributed by atoms with Crippen molar-refractivity contribution in [2.45, 2.75) is 32.1 Å². The molecule has 5 nitrogen and oxygen atoms in total. The number of alkyl halides is 3. The van der Waals surface area contributed by atoms with Gasteiger partial charge in [-0.25, -0.2) is 0 Å². The Kier molecular flexibility index (Phi) is 6.41. The first kappa shape index (κ1) is 24.8. The maximum absolute atomic E-state index is 13.5. The second kappa shape index (κ2) is 9.55. The smallest absolute Gasteiger partial charge is 0.416 e. The summed E-state index contributed by atoms with van der Waals surface area (Å²) in [5.74, 6) is 0.724. The highest BCUT2D eigenvalue weighted by Gasteiger charge is 2.42. The summed E-state index contributed by atoms with van der Waals surface area (Å²) in [4.78, 5) is 6.62. The number of aryl methyl sites for hydroxylation is 1. The molecule has 4 aromatic rings. The number of pyridine rings is 1. The maximum Gasteiger partial charge on any atom is 0.416 e. The van der Waals surface area contributed by atoms with Gasteiger partial charge in [0, 0.05) is 29.0 Å². The lowest BCUT2D eigenvalue weighted by Crippen LogP contribution is -2.29. The molecule has 1 aliphatic rings. The third-order valence-corrected chi connectivity index (χ3v) is 6.98. The minimum Gasteiger partial charge on any atom is -0.497 e. The second-order valence-corrected chi connectivity index (χ2v) is 9.29. The van der Waals surface area contributed by atoms with Crippen molar-refractivity contribution in [2.75, 3.05) is 12.0 Å². The van der Waals surface area contributed by atoms with E-state index in [4.69, 9.17) is 17.0 Å². The normalized spacial score (nSPS) is 17.7. The Labute approximate surface area is 218 Å². The van der Waals surface area contributed by atoms with E-state index in [9.17, 15) is 13.2 Å². The fourth-order valence-corrected chi connectivity index (χ4v) is 5.34. The van der Waals surface area contributed by atoms with E-state index < -0.39 is 11.7 Å². The topological polar surface area (TPSA) is 42.3 Å². The molecular formula is C28H25F3N4OS. The third kappa shape index (κ3) is 4.55. The zero-order valence-corrected chi connectivity index (χ0v) is 21.3. The molecule has 2 aromatic carbocycles. The molecule has 37 heavy (non-hydrogen) atoms. The van der Waals surface area contributed by atoms with E-state index in [1.54, 1.807) is 19.4 Å². The van der Waals surface area contributed by atoms with Gasteiger partial charge in [0.15, 0.2) is 5.11 Å². The van der Waals surface area contributed by atoms with Gasteiger partial charge >= 0.3 is 6.18 Å². The summed E-state index contributed by atoms with van der Waals surface area (Å²) in [6.45, 7) is 3.82. The molecule has 2 atom stereocenters. The Morgan fingerprint density at radius 1 is 0.946 bits per heavy atom. The van der Waals surface area contributed by atoms with Gasteiger partial charge in [0.25, 0.3) is 0 Å². The van der Waals surface area contributed by atoms with Crippen LogP contribution in [0.4, 0.5) is 18.9 Å². The molecule has 0 amide bonds. The van der Waals surface area contributed by atoms with Gasteiger partial charge in [0.2, 0.25) is 0 Å². The van der Waals surface area contributed by atoms with Crippen molar-refractivity contribution in [3.05, 3.63) is 107 Å². The Bertz CT molecular complexity index is 1430. The van der Waals surface area contributed by atoms with Crippen LogP contribution in [-0.4, -0.2) is 21.8 Å². The SMILES string of the molecule is COc1ccc(N2C(=S)NC(c3ccccn3)C2c2cc(C)n(-c3cccc(C(F)(F)F)c3)c2C)cc1. The summed E-state index contributed by atoms with van der Waals surface area (Å²) in [6, 6.07) is 20.2. The van der Waals surface area contributed by atoms with E-state index in [1.807, 2.05) is 71.8 Å². The van der Waals surface area contributed by atoms with Crippen LogP contribution in [0, 0.1) is 13.8 Å². The van der Waals surface area contributed by atoms with E-state index in [0.29, 0.717) is 10.8 Å². The molecule has 1 fully saturated rings. The standard InChI is InChI=1S/C28H25F3N4OS/c1-17-15-23(18(2)34(17)21-8-6-7-19(16-21)28(29,30)31)26-25(24-9-4-5-14-32-24)33-27(37)35(26)20-10-12-22(36-3)13-11-20/h4-16,25-26H,1-3H3,(H,33,37). The number of ether oxygens (including phenoxy) is 1. The monoisotopic (exact) mass is 522 g/mol. The summed E-state index contributed by atoms with van der Waals surface area (Å²) in [6.07, 6.45) is -2.69. The third-order valence-electron chi connectivity index (χ3n) is 6.67. The molecule has 1 aliphatic heterocycles. The molecule has 0 radical (unpaired) electrons. The van der Waals surface area contributed by atoms with Gasteiger partial charge in [-0.15, -0.1) is 0 Å². The lowest BCUT2D eigenvalue weighted by molar-refractivity contribution is -0.137. The number of rotatable bonds is 5. The quantitative estimate of drug-likeness (QED) is 0.296. The fourth-order valence-electron chi connectivity index (χ4n) is 5.00. The molecule has 2 unspecified atom stereocenters. The Balaban J connectivity index is 1.66. The number of benzene rings is 2. The van der Waals surface area contributed by atoms with E-state index in [-0.39, 0.29) is 12.1 Å². The molecule has 0 bridgehead atoms. The van der Waals surface area contributed by atoms with Gasteiger partial charge in [-0.05, 0) is 92.3 Å². The highest BCUT2D eigenvalue weighted by molar-refractivity contribution is 7.80. The summed E-state index contributed by atoms with van der Waals surface area (Å²) < 4.78 is 47.5. The van der Waals surface area contributed by atoms with Crippen LogP contribution in [0.3, 0.4) is 0 Å². The van der Waals surface area contributed by atoms with Crippen LogP contribution in [0.25, 0.3) is 5.69 Å². The summed E-state index contributed by atoms with van der Waals surface area (Å²) >= 11 is 5.80. The number of hydrogen-bond acceptors (Lipinski definition) is 3. The number of anilines is 1. The number of halogens is 3. The summed E-state index contributed by atoms with van der Waals surface area (Å²) in [7, 11) is 1.61. The maximum atomic E-state index is 13.5. The number of nitrogens with zero attached hydrogens (tertiary/aromatic N) is 3. The average Bonchev–Trinajstić information content (AvgIpc) is 3.39. The van der Waals surface area contributed by atoms with E-state index >= 15 is 0 Å². The molecule has 0 spiro atoms. The van der Waals surface area contributed by atoms with E-state index in [1.165, 1.54) is 12.1 Å². The van der Waals surface area contributed by atoms with Crippen LogP contribution in [0.15, 0.2) is 79.0 Å². The first-order valence-corrected chi connectivity index (χ1v) is 12.1. The Morgan fingerprint density at radius 3 is 2.35 bits per heavy atom. The van der Waals surface area contributed by atoms with Gasteiger partial charge in [0.05, 0.1) is 30.5 Å². The highest BCUT2D eigenvalue weighted by atomic mass is 32.1. The lowest BCUT2D eigenvalue weighted by atomic mass is 9.96. The largest absolute Gasteiger partial charge is 0.497 e. The number of aromatic nitrogens is 2. The summed E-state index contributed by atoms with van der Waals surface area (Å²) in [5.41, 5.74) is 4.03. The predicted octanol–water partition coefficient (Wildman–Crippen LogP) is 6.69. The molecular weight excluding hydrogens is 497 g/mol. The first-order valence-electron chi connectivity index (χ1n) is 11.7. The molecule has 3 heterocycles. The van der Waals surface area contributed by atoms with E-state index in [0.717, 1.165) is 40.1 Å². The van der Waals surface area contributed by atoms with Crippen molar-refractivity contribution in [3.63, 3.8) is 0 Å². The number of hydrogen-bond donors (Lipinski definition) is 1. The lowest BCUT2D eigenvalue weighted by Gasteiger charge is -2.28. The fraction of sp³-hybridized carbons (Fsp3) is 0.214. The Morgan fingerprint density at radius 2 is 1.70 bits per heavy atom. The van der Waals surface area contributed by atoms with Crippen molar-refractivity contribution in [1.29, 1.82) is 0 Å². The molecule has 0 saturated carbocycles. The van der Waals surface area contributed by atoms with Crippen LogP contribution in [0.2, 0.25) is 0 Å². The summed E-state index contributed by atoms with van der Waals surface area (Å²) in [5, 5.41) is 3.96. The Hall–Kier alpha value is -3.85. The number of methoxy groups -OCH3 is 1. The zero-order valence-electron chi connectivity index (χ0n) is 20.5. The molecule has 0 aliphatic carbocycles. The molecule has 9 heteroatoms. The van der Waals surface area contributed by atoms with E-state index in [2.05, 4.69) is 10.3 Å². The number of thiocarbonyl (C=S) groups is 1. The van der Waals surface area contributed by atoms with Crippen molar-refractivity contribution in [3.8, 4) is 11.4 Å². The molecule has 5 rings (SSSR count). The number of nitrogens with one attached hydrogen (secondary N) is 1. The molecule has 190 valence electrons. The van der Waals surface area contributed by atoms with Crippen molar-refractivity contribution >= 4 is 23.0 Å². The minimum atomic E-state index is -4.43.